The molecule has 6 nitrogen and oxygen atoms in total. The lowest BCUT2D eigenvalue weighted by atomic mass is 9.83. The van der Waals surface area contributed by atoms with E-state index in [9.17, 15) is 14.4 Å². The molecule has 3 aromatic carbocycles. The van der Waals surface area contributed by atoms with Crippen molar-refractivity contribution in [3.8, 4) is 23.3 Å². The lowest BCUT2D eigenvalue weighted by molar-refractivity contribution is -0.136. The maximum Gasteiger partial charge on any atom is 0.349 e. The Morgan fingerprint density at radius 2 is 1.97 bits per heavy atom. The molecule has 4 rings (SSSR count). The molecule has 1 unspecified atom stereocenters. The summed E-state index contributed by atoms with van der Waals surface area (Å²) >= 11 is 0. The van der Waals surface area contributed by atoms with Gasteiger partial charge in [0.1, 0.15) is 34.7 Å². The lowest BCUT2D eigenvalue weighted by Crippen LogP contribution is -2.22. The number of para-hydroxylation sites is 1. The van der Waals surface area contributed by atoms with Gasteiger partial charge in [0.25, 0.3) is 0 Å². The number of nitrogens with two attached hydrogens (primary N) is 1. The number of benzene rings is 3. The molecule has 0 amide bonds. The van der Waals surface area contributed by atoms with Crippen molar-refractivity contribution in [2.45, 2.75) is 12.8 Å². The minimum absolute atomic E-state index is 0.0828. The minimum atomic E-state index is -0.603. The highest BCUT2D eigenvalue weighted by Gasteiger charge is 2.31. The van der Waals surface area contributed by atoms with Gasteiger partial charge in [-0.3, -0.25) is 0 Å². The highest BCUT2D eigenvalue weighted by Crippen LogP contribution is 2.43. The summed E-state index contributed by atoms with van der Waals surface area (Å²) in [7, 11) is 0. The number of nitriles is 1. The lowest BCUT2D eigenvalue weighted by Gasteiger charge is -2.26. The first kappa shape index (κ1) is 20.9. The van der Waals surface area contributed by atoms with Crippen molar-refractivity contribution in [2.24, 2.45) is 5.73 Å². The molecule has 2 N–H and O–H groups in total. The molecule has 1 aliphatic rings. The number of esters is 1. The van der Waals surface area contributed by atoms with Crippen LogP contribution >= 0.6 is 0 Å². The Balaban J connectivity index is 1.56. The SMILES string of the molecule is Cc1ccccc1OCC(=O)Oc1ccc2c(c1)OC(N)=C(C#N)C2c1cccc(F)c1. The van der Waals surface area contributed by atoms with Gasteiger partial charge in [0, 0.05) is 11.6 Å². The fourth-order valence-electron chi connectivity index (χ4n) is 3.54. The van der Waals surface area contributed by atoms with Gasteiger partial charge in [-0.05, 0) is 42.3 Å². The predicted molar refractivity (Wildman–Crippen MR) is 114 cm³/mol. The van der Waals surface area contributed by atoms with E-state index in [2.05, 4.69) is 6.07 Å². The summed E-state index contributed by atoms with van der Waals surface area (Å²) in [4.78, 5) is 12.2. The van der Waals surface area contributed by atoms with Gasteiger partial charge < -0.3 is 19.9 Å². The average Bonchev–Trinajstić information content (AvgIpc) is 2.77. The smallest absolute Gasteiger partial charge is 0.349 e. The van der Waals surface area contributed by atoms with E-state index < -0.39 is 17.7 Å². The van der Waals surface area contributed by atoms with E-state index in [4.69, 9.17) is 19.9 Å². The number of halogens is 1. The van der Waals surface area contributed by atoms with Crippen molar-refractivity contribution >= 4 is 5.97 Å². The molecule has 0 saturated heterocycles. The van der Waals surface area contributed by atoms with Gasteiger partial charge in [-0.2, -0.15) is 5.26 Å². The third kappa shape index (κ3) is 4.25. The van der Waals surface area contributed by atoms with Crippen LogP contribution in [0.25, 0.3) is 0 Å². The molecule has 0 saturated carbocycles. The van der Waals surface area contributed by atoms with Crippen LogP contribution in [0.1, 0.15) is 22.6 Å². The Bertz CT molecular complexity index is 1260. The van der Waals surface area contributed by atoms with Crippen molar-refractivity contribution in [3.63, 3.8) is 0 Å². The molecule has 0 aliphatic carbocycles. The first-order valence-electron chi connectivity index (χ1n) is 9.82. The summed E-state index contributed by atoms with van der Waals surface area (Å²) in [6.07, 6.45) is 0. The number of nitrogens with zero attached hydrogens (tertiary/aromatic N) is 1. The van der Waals surface area contributed by atoms with Crippen molar-refractivity contribution in [2.75, 3.05) is 6.61 Å². The van der Waals surface area contributed by atoms with Crippen LogP contribution in [-0.4, -0.2) is 12.6 Å². The zero-order valence-corrected chi connectivity index (χ0v) is 17.2. The predicted octanol–water partition coefficient (Wildman–Crippen LogP) is 4.34. The van der Waals surface area contributed by atoms with E-state index in [0.717, 1.165) is 5.56 Å². The molecule has 7 heteroatoms. The maximum absolute atomic E-state index is 13.8. The van der Waals surface area contributed by atoms with Gasteiger partial charge in [0.05, 0.1) is 5.92 Å². The Kier molecular flexibility index (Phi) is 5.77. The quantitative estimate of drug-likeness (QED) is 0.478. The molecular formula is C25H19FN2O4. The van der Waals surface area contributed by atoms with Crippen LogP contribution in [0.2, 0.25) is 0 Å². The van der Waals surface area contributed by atoms with Gasteiger partial charge >= 0.3 is 5.97 Å². The van der Waals surface area contributed by atoms with Crippen LogP contribution in [0.3, 0.4) is 0 Å². The van der Waals surface area contributed by atoms with Crippen LogP contribution in [-0.2, 0) is 4.79 Å². The van der Waals surface area contributed by atoms with Gasteiger partial charge in [0.2, 0.25) is 5.88 Å². The Morgan fingerprint density at radius 1 is 1.16 bits per heavy atom. The highest BCUT2D eigenvalue weighted by atomic mass is 19.1. The monoisotopic (exact) mass is 430 g/mol. The number of aryl methyl sites for hydroxylation is 1. The molecule has 1 aliphatic heterocycles. The molecule has 160 valence electrons. The van der Waals surface area contributed by atoms with E-state index >= 15 is 0 Å². The molecule has 32 heavy (non-hydrogen) atoms. The second kappa shape index (κ2) is 8.82. The average molecular weight is 430 g/mol. The van der Waals surface area contributed by atoms with Crippen LogP contribution in [0.4, 0.5) is 4.39 Å². The molecule has 0 radical (unpaired) electrons. The van der Waals surface area contributed by atoms with Crippen molar-refractivity contribution in [3.05, 3.63) is 101 Å². The largest absolute Gasteiger partial charge is 0.482 e. The number of carbonyl (C=O) groups excluding carboxylic acids is 1. The Hall–Kier alpha value is -4.31. The van der Waals surface area contributed by atoms with Crippen LogP contribution in [0, 0.1) is 24.1 Å². The zero-order valence-electron chi connectivity index (χ0n) is 17.2. The molecular weight excluding hydrogens is 411 g/mol. The summed E-state index contributed by atoms with van der Waals surface area (Å²) in [5.41, 5.74) is 8.21. The van der Waals surface area contributed by atoms with Crippen LogP contribution in [0.5, 0.6) is 17.2 Å². The summed E-state index contributed by atoms with van der Waals surface area (Å²) in [5.74, 6) is -0.556. The van der Waals surface area contributed by atoms with Gasteiger partial charge in [-0.15, -0.1) is 0 Å². The summed E-state index contributed by atoms with van der Waals surface area (Å²) in [5, 5.41) is 9.59. The zero-order chi connectivity index (χ0) is 22.7. The minimum Gasteiger partial charge on any atom is -0.482 e. The molecule has 0 bridgehead atoms. The highest BCUT2D eigenvalue weighted by molar-refractivity contribution is 5.74. The summed E-state index contributed by atoms with van der Waals surface area (Å²) in [6.45, 7) is 1.61. The van der Waals surface area contributed by atoms with Crippen molar-refractivity contribution in [1.82, 2.24) is 0 Å². The first-order chi connectivity index (χ1) is 15.5. The molecule has 0 aromatic heterocycles. The van der Waals surface area contributed by atoms with Crippen LogP contribution in [0.15, 0.2) is 78.2 Å². The molecule has 1 heterocycles. The Labute approximate surface area is 184 Å². The number of allylic oxidation sites excluding steroid dienone is 1. The summed E-state index contributed by atoms with van der Waals surface area (Å²) in [6, 6.07) is 20.1. The number of hydrogen-bond donors (Lipinski definition) is 1. The van der Waals surface area contributed by atoms with E-state index in [-0.39, 0.29) is 23.8 Å². The number of hydrogen-bond acceptors (Lipinski definition) is 6. The van der Waals surface area contributed by atoms with Crippen LogP contribution < -0.4 is 19.9 Å². The fourth-order valence-corrected chi connectivity index (χ4v) is 3.54. The molecule has 0 spiro atoms. The topological polar surface area (TPSA) is 94.6 Å². The summed E-state index contributed by atoms with van der Waals surface area (Å²) < 4.78 is 30.3. The van der Waals surface area contributed by atoms with E-state index in [1.807, 2.05) is 25.1 Å². The third-order valence-corrected chi connectivity index (χ3v) is 5.04. The number of fused-ring (bicyclic) bond motifs is 1. The third-order valence-electron chi connectivity index (χ3n) is 5.04. The number of ether oxygens (including phenoxy) is 3. The molecule has 0 fully saturated rings. The number of carbonyl (C=O) groups is 1. The fraction of sp³-hybridized carbons (Fsp3) is 0.120. The van der Waals surface area contributed by atoms with Gasteiger partial charge in [0.15, 0.2) is 6.61 Å². The van der Waals surface area contributed by atoms with E-state index in [1.54, 1.807) is 30.3 Å². The van der Waals surface area contributed by atoms with E-state index in [1.165, 1.54) is 18.2 Å². The van der Waals surface area contributed by atoms with E-state index in [0.29, 0.717) is 22.6 Å². The normalized spacial score (nSPS) is 14.7. The maximum atomic E-state index is 13.8. The van der Waals surface area contributed by atoms with Crippen molar-refractivity contribution in [1.29, 1.82) is 5.26 Å². The Morgan fingerprint density at radius 3 is 2.72 bits per heavy atom. The van der Waals surface area contributed by atoms with Gasteiger partial charge in [-0.25, -0.2) is 9.18 Å². The standard InChI is InChI=1S/C25H19FN2O4/c1-15-5-2-3-8-21(15)30-14-23(29)31-18-9-10-19-22(12-18)32-25(28)20(13-27)24(19)16-6-4-7-17(26)11-16/h2-12,24H,14,28H2,1H3. The second-order valence-corrected chi connectivity index (χ2v) is 7.21. The first-order valence-corrected chi connectivity index (χ1v) is 9.82. The molecule has 3 aromatic rings. The van der Waals surface area contributed by atoms with Crippen molar-refractivity contribution < 1.29 is 23.4 Å². The molecule has 1 atom stereocenters. The number of rotatable bonds is 5. The van der Waals surface area contributed by atoms with Gasteiger partial charge in [-0.1, -0.05) is 36.4 Å². The second-order valence-electron chi connectivity index (χ2n) is 7.21.